The molecule has 0 aliphatic rings. The Kier molecular flexibility index (Phi) is 2.56. The van der Waals surface area contributed by atoms with Gasteiger partial charge in [0.05, 0.1) is 6.54 Å². The Hall–Kier alpha value is -1.61. The summed E-state index contributed by atoms with van der Waals surface area (Å²) in [5.74, 6) is 0.901. The van der Waals surface area contributed by atoms with E-state index in [-0.39, 0.29) is 0 Å². The predicted octanol–water partition coefficient (Wildman–Crippen LogP) is 1.95. The molecule has 0 atom stereocenters. The highest BCUT2D eigenvalue weighted by Crippen LogP contribution is 2.15. The first-order valence-corrected chi connectivity index (χ1v) is 5.02. The summed E-state index contributed by atoms with van der Waals surface area (Å²) in [6.45, 7) is 4.58. The van der Waals surface area contributed by atoms with Crippen LogP contribution in [0.5, 0.6) is 0 Å². The van der Waals surface area contributed by atoms with Gasteiger partial charge in [-0.25, -0.2) is 4.98 Å². The second-order valence-corrected chi connectivity index (χ2v) is 3.69. The van der Waals surface area contributed by atoms with Gasteiger partial charge in [-0.2, -0.15) is 0 Å². The van der Waals surface area contributed by atoms with Crippen molar-refractivity contribution in [2.24, 2.45) is 5.73 Å². The van der Waals surface area contributed by atoms with E-state index in [0.717, 1.165) is 17.2 Å². The molecule has 3 nitrogen and oxygen atoms in total. The lowest BCUT2D eigenvalue weighted by Crippen LogP contribution is -2.07. The summed E-state index contributed by atoms with van der Waals surface area (Å²) < 4.78 is 2.09. The van der Waals surface area contributed by atoms with Crippen LogP contribution in [-0.4, -0.2) is 9.55 Å². The molecule has 0 aliphatic heterocycles. The molecule has 0 aliphatic carbocycles. The van der Waals surface area contributed by atoms with Crippen molar-refractivity contribution in [2.75, 3.05) is 0 Å². The fraction of sp³-hybridized carbons (Fsp3) is 0.250. The second-order valence-electron chi connectivity index (χ2n) is 3.69. The molecule has 2 N–H and O–H groups in total. The number of hydrogen-bond acceptors (Lipinski definition) is 2. The monoisotopic (exact) mass is 201 g/mol. The molecule has 1 aromatic carbocycles. The van der Waals surface area contributed by atoms with Crippen molar-refractivity contribution in [1.82, 2.24) is 9.55 Å². The number of hydrogen-bond donors (Lipinski definition) is 1. The van der Waals surface area contributed by atoms with Crippen LogP contribution in [0.2, 0.25) is 0 Å². The van der Waals surface area contributed by atoms with E-state index in [9.17, 15) is 0 Å². The van der Waals surface area contributed by atoms with Crippen molar-refractivity contribution < 1.29 is 0 Å². The molecule has 1 heterocycles. The number of rotatable bonds is 2. The zero-order chi connectivity index (χ0) is 10.8. The van der Waals surface area contributed by atoms with Gasteiger partial charge < -0.3 is 5.73 Å². The van der Waals surface area contributed by atoms with E-state index in [1.165, 1.54) is 5.56 Å². The van der Waals surface area contributed by atoms with Crippen LogP contribution in [0, 0.1) is 13.8 Å². The molecule has 0 amide bonds. The van der Waals surface area contributed by atoms with E-state index < -0.39 is 0 Å². The molecule has 15 heavy (non-hydrogen) atoms. The SMILES string of the molecule is Cc1cccc(-n2c(C)cnc2CN)c1. The fourth-order valence-corrected chi connectivity index (χ4v) is 1.75. The minimum Gasteiger partial charge on any atom is -0.324 e. The summed E-state index contributed by atoms with van der Waals surface area (Å²) in [5, 5.41) is 0. The third kappa shape index (κ3) is 1.78. The smallest absolute Gasteiger partial charge is 0.127 e. The lowest BCUT2D eigenvalue weighted by molar-refractivity contribution is 0.851. The summed E-state index contributed by atoms with van der Waals surface area (Å²) in [5.41, 5.74) is 9.14. The Bertz CT molecular complexity index is 471. The average Bonchev–Trinajstić information content (AvgIpc) is 2.59. The standard InChI is InChI=1S/C12H15N3/c1-9-4-3-5-11(6-9)15-10(2)8-14-12(15)7-13/h3-6,8H,7,13H2,1-2H3. The van der Waals surface area contributed by atoms with Gasteiger partial charge in [0.2, 0.25) is 0 Å². The summed E-state index contributed by atoms with van der Waals surface area (Å²) >= 11 is 0. The number of imidazole rings is 1. The van der Waals surface area contributed by atoms with E-state index in [4.69, 9.17) is 5.73 Å². The Balaban J connectivity index is 2.57. The molecule has 0 saturated heterocycles. The van der Waals surface area contributed by atoms with Crippen molar-refractivity contribution in [3.8, 4) is 5.69 Å². The van der Waals surface area contributed by atoms with Crippen molar-refractivity contribution >= 4 is 0 Å². The number of nitrogens with zero attached hydrogens (tertiary/aromatic N) is 2. The molecule has 0 bridgehead atoms. The molecule has 3 heteroatoms. The first kappa shape index (κ1) is 9.93. The van der Waals surface area contributed by atoms with Crippen LogP contribution in [0.25, 0.3) is 5.69 Å². The van der Waals surface area contributed by atoms with Crippen molar-refractivity contribution in [1.29, 1.82) is 0 Å². The lowest BCUT2D eigenvalue weighted by Gasteiger charge is -2.09. The second kappa shape index (κ2) is 3.87. The average molecular weight is 201 g/mol. The minimum absolute atomic E-state index is 0.460. The maximum absolute atomic E-state index is 5.66. The highest BCUT2D eigenvalue weighted by atomic mass is 15.1. The molecule has 2 aromatic rings. The molecular formula is C12H15N3. The van der Waals surface area contributed by atoms with E-state index in [0.29, 0.717) is 6.54 Å². The van der Waals surface area contributed by atoms with E-state index in [2.05, 4.69) is 34.7 Å². The van der Waals surface area contributed by atoms with Gasteiger partial charge in [-0.15, -0.1) is 0 Å². The van der Waals surface area contributed by atoms with Gasteiger partial charge >= 0.3 is 0 Å². The number of benzene rings is 1. The zero-order valence-corrected chi connectivity index (χ0v) is 9.07. The lowest BCUT2D eigenvalue weighted by atomic mass is 10.2. The Morgan fingerprint density at radius 1 is 1.33 bits per heavy atom. The normalized spacial score (nSPS) is 10.6. The first-order valence-electron chi connectivity index (χ1n) is 5.02. The van der Waals surface area contributed by atoms with Gasteiger partial charge in [0.15, 0.2) is 0 Å². The summed E-state index contributed by atoms with van der Waals surface area (Å²) in [6, 6.07) is 8.33. The van der Waals surface area contributed by atoms with Crippen molar-refractivity contribution in [3.05, 3.63) is 47.5 Å². The van der Waals surface area contributed by atoms with Gasteiger partial charge in [-0.1, -0.05) is 12.1 Å². The summed E-state index contributed by atoms with van der Waals surface area (Å²) in [4.78, 5) is 4.28. The Morgan fingerprint density at radius 3 is 2.80 bits per heavy atom. The van der Waals surface area contributed by atoms with Gasteiger partial charge in [0.1, 0.15) is 5.82 Å². The minimum atomic E-state index is 0.460. The quantitative estimate of drug-likeness (QED) is 0.807. The topological polar surface area (TPSA) is 43.8 Å². The maximum atomic E-state index is 5.66. The Morgan fingerprint density at radius 2 is 2.13 bits per heavy atom. The number of aromatic nitrogens is 2. The zero-order valence-electron chi connectivity index (χ0n) is 9.07. The van der Waals surface area contributed by atoms with Crippen LogP contribution in [0.4, 0.5) is 0 Å². The predicted molar refractivity (Wildman–Crippen MR) is 60.9 cm³/mol. The molecule has 0 spiro atoms. The van der Waals surface area contributed by atoms with Gasteiger partial charge in [-0.05, 0) is 31.5 Å². The largest absolute Gasteiger partial charge is 0.324 e. The van der Waals surface area contributed by atoms with Crippen LogP contribution in [-0.2, 0) is 6.54 Å². The van der Waals surface area contributed by atoms with Crippen LogP contribution in [0.3, 0.4) is 0 Å². The van der Waals surface area contributed by atoms with Crippen LogP contribution in [0.15, 0.2) is 30.5 Å². The molecule has 0 radical (unpaired) electrons. The van der Waals surface area contributed by atoms with Crippen molar-refractivity contribution in [3.63, 3.8) is 0 Å². The molecule has 0 fully saturated rings. The molecular weight excluding hydrogens is 186 g/mol. The van der Waals surface area contributed by atoms with E-state index >= 15 is 0 Å². The number of aryl methyl sites for hydroxylation is 2. The third-order valence-corrected chi connectivity index (χ3v) is 2.45. The molecule has 0 unspecified atom stereocenters. The summed E-state index contributed by atoms with van der Waals surface area (Å²) in [6.07, 6.45) is 1.85. The van der Waals surface area contributed by atoms with Crippen LogP contribution in [0.1, 0.15) is 17.1 Å². The van der Waals surface area contributed by atoms with Gasteiger partial charge in [-0.3, -0.25) is 4.57 Å². The third-order valence-electron chi connectivity index (χ3n) is 2.45. The summed E-state index contributed by atoms with van der Waals surface area (Å²) in [7, 11) is 0. The highest BCUT2D eigenvalue weighted by Gasteiger charge is 2.06. The van der Waals surface area contributed by atoms with Gasteiger partial charge in [0, 0.05) is 17.6 Å². The van der Waals surface area contributed by atoms with Crippen LogP contribution >= 0.6 is 0 Å². The highest BCUT2D eigenvalue weighted by molar-refractivity contribution is 5.38. The molecule has 78 valence electrons. The van der Waals surface area contributed by atoms with Crippen molar-refractivity contribution in [2.45, 2.75) is 20.4 Å². The Labute approximate surface area is 89.6 Å². The van der Waals surface area contributed by atoms with Crippen LogP contribution < -0.4 is 5.73 Å². The molecule has 0 saturated carbocycles. The first-order chi connectivity index (χ1) is 7.22. The molecule has 2 rings (SSSR count). The van der Waals surface area contributed by atoms with Gasteiger partial charge in [0.25, 0.3) is 0 Å². The van der Waals surface area contributed by atoms with E-state index in [1.54, 1.807) is 0 Å². The maximum Gasteiger partial charge on any atom is 0.127 e. The number of nitrogens with two attached hydrogens (primary N) is 1. The molecule has 1 aromatic heterocycles. The fourth-order valence-electron chi connectivity index (χ4n) is 1.75. The van der Waals surface area contributed by atoms with E-state index in [1.807, 2.05) is 19.2 Å².